The number of fused-ring (bicyclic) bond motifs is 1. The topological polar surface area (TPSA) is 69.2 Å². The van der Waals surface area contributed by atoms with Gasteiger partial charge >= 0.3 is 0 Å². The summed E-state index contributed by atoms with van der Waals surface area (Å²) in [6.45, 7) is 4.93. The highest BCUT2D eigenvalue weighted by molar-refractivity contribution is 5.86. The van der Waals surface area contributed by atoms with Crippen LogP contribution in [-0.2, 0) is 22.6 Å². The number of likely N-dealkylation sites (tertiary alicyclic amines) is 1. The number of nitrogens with one attached hydrogen (secondary N) is 2. The number of carbonyl (C=O) groups excluding carboxylic acids is 1. The lowest BCUT2D eigenvalue weighted by Gasteiger charge is -2.36. The third kappa shape index (κ3) is 5.62. The van der Waals surface area contributed by atoms with Gasteiger partial charge < -0.3 is 20.3 Å². The zero-order valence-corrected chi connectivity index (χ0v) is 18.0. The number of carbonyl (C=O) groups is 1. The van der Waals surface area contributed by atoms with Crippen LogP contribution < -0.4 is 10.6 Å². The van der Waals surface area contributed by atoms with Crippen LogP contribution in [0.5, 0.6) is 0 Å². The van der Waals surface area contributed by atoms with E-state index < -0.39 is 0 Å². The van der Waals surface area contributed by atoms with E-state index in [4.69, 9.17) is 4.74 Å². The number of aliphatic imine (C=N–C) groups is 1. The third-order valence-corrected chi connectivity index (χ3v) is 5.90. The third-order valence-electron chi connectivity index (χ3n) is 5.90. The van der Waals surface area contributed by atoms with E-state index in [1.165, 1.54) is 5.56 Å². The molecule has 0 radical (unpaired) electrons. The van der Waals surface area contributed by atoms with Crippen LogP contribution in [0.25, 0.3) is 0 Å². The second-order valence-corrected chi connectivity index (χ2v) is 8.00. The fraction of sp³-hybridized carbons (Fsp3) is 0.417. The van der Waals surface area contributed by atoms with Gasteiger partial charge in [-0.1, -0.05) is 60.7 Å². The molecule has 2 atom stereocenters. The molecular formula is C24H31N5O2. The van der Waals surface area contributed by atoms with Gasteiger partial charge in [-0.2, -0.15) is 0 Å². The minimum atomic E-state index is -0.0522. The van der Waals surface area contributed by atoms with Gasteiger partial charge in [-0.05, 0) is 11.1 Å². The SMILES string of the molecule is CN=C(NCC(=O)NCc1ccccc1)N1CC2OCCN(Cc3ccccc3)C2C1. The molecule has 164 valence electrons. The number of benzene rings is 2. The lowest BCUT2D eigenvalue weighted by Crippen LogP contribution is -2.50. The Morgan fingerprint density at radius 1 is 1.03 bits per heavy atom. The largest absolute Gasteiger partial charge is 0.373 e. The molecule has 2 aromatic rings. The maximum absolute atomic E-state index is 12.3. The van der Waals surface area contributed by atoms with Crippen molar-refractivity contribution >= 4 is 11.9 Å². The van der Waals surface area contributed by atoms with Crippen molar-refractivity contribution in [1.29, 1.82) is 0 Å². The molecule has 4 rings (SSSR count). The Morgan fingerprint density at radius 2 is 1.74 bits per heavy atom. The standard InChI is InChI=1S/C24H31N5O2/c1-25-24(27-15-23(30)26-14-19-8-4-2-5-9-19)29-17-21-22(18-29)31-13-12-28(21)16-20-10-6-3-7-11-20/h2-11,21-22H,12-18H2,1H3,(H,25,27)(H,26,30). The van der Waals surface area contributed by atoms with E-state index in [9.17, 15) is 4.79 Å². The van der Waals surface area contributed by atoms with E-state index in [1.54, 1.807) is 7.05 Å². The molecule has 2 N–H and O–H groups in total. The molecule has 2 fully saturated rings. The Balaban J connectivity index is 1.28. The van der Waals surface area contributed by atoms with Gasteiger partial charge in [0.2, 0.25) is 5.91 Å². The summed E-state index contributed by atoms with van der Waals surface area (Å²) >= 11 is 0. The van der Waals surface area contributed by atoms with Crippen molar-refractivity contribution < 1.29 is 9.53 Å². The second kappa shape index (κ2) is 10.4. The van der Waals surface area contributed by atoms with Crippen molar-refractivity contribution in [2.75, 3.05) is 39.8 Å². The molecule has 0 aliphatic carbocycles. The van der Waals surface area contributed by atoms with Crippen LogP contribution in [0.2, 0.25) is 0 Å². The zero-order chi connectivity index (χ0) is 21.5. The quantitative estimate of drug-likeness (QED) is 0.546. The van der Waals surface area contributed by atoms with Gasteiger partial charge in [-0.15, -0.1) is 0 Å². The number of amides is 1. The summed E-state index contributed by atoms with van der Waals surface area (Å²) in [7, 11) is 1.76. The summed E-state index contributed by atoms with van der Waals surface area (Å²) < 4.78 is 6.06. The monoisotopic (exact) mass is 421 g/mol. The molecule has 2 aromatic carbocycles. The molecule has 0 bridgehead atoms. The van der Waals surface area contributed by atoms with Crippen LogP contribution in [0, 0.1) is 0 Å². The Morgan fingerprint density at radius 3 is 2.45 bits per heavy atom. The van der Waals surface area contributed by atoms with Crippen LogP contribution in [0.3, 0.4) is 0 Å². The average molecular weight is 422 g/mol. The molecule has 2 aliphatic rings. The lowest BCUT2D eigenvalue weighted by molar-refractivity contribution is -0.120. The molecule has 2 aliphatic heterocycles. The van der Waals surface area contributed by atoms with Gasteiger partial charge in [0.1, 0.15) is 0 Å². The van der Waals surface area contributed by atoms with Crippen molar-refractivity contribution in [2.45, 2.75) is 25.2 Å². The molecular weight excluding hydrogens is 390 g/mol. The number of hydrogen-bond donors (Lipinski definition) is 2. The first-order chi connectivity index (χ1) is 15.2. The van der Waals surface area contributed by atoms with Crippen LogP contribution in [0.4, 0.5) is 0 Å². The highest BCUT2D eigenvalue weighted by Gasteiger charge is 2.41. The maximum atomic E-state index is 12.3. The molecule has 7 heteroatoms. The molecule has 0 saturated carbocycles. The number of hydrogen-bond acceptors (Lipinski definition) is 4. The molecule has 31 heavy (non-hydrogen) atoms. The lowest BCUT2D eigenvalue weighted by atomic mass is 10.1. The zero-order valence-electron chi connectivity index (χ0n) is 18.0. The van der Waals surface area contributed by atoms with E-state index in [0.717, 1.165) is 44.3 Å². The van der Waals surface area contributed by atoms with Crippen molar-refractivity contribution in [2.24, 2.45) is 4.99 Å². The fourth-order valence-corrected chi connectivity index (χ4v) is 4.30. The first-order valence-corrected chi connectivity index (χ1v) is 10.9. The molecule has 2 unspecified atom stereocenters. The molecule has 0 aromatic heterocycles. The van der Waals surface area contributed by atoms with E-state index in [1.807, 2.05) is 30.3 Å². The molecule has 1 amide bonds. The Hall–Kier alpha value is -2.90. The number of guanidine groups is 1. The second-order valence-electron chi connectivity index (χ2n) is 8.00. The highest BCUT2D eigenvalue weighted by atomic mass is 16.5. The minimum Gasteiger partial charge on any atom is -0.373 e. The smallest absolute Gasteiger partial charge is 0.239 e. The van der Waals surface area contributed by atoms with Gasteiger partial charge in [0, 0.05) is 39.8 Å². The van der Waals surface area contributed by atoms with Crippen molar-refractivity contribution in [3.63, 3.8) is 0 Å². The van der Waals surface area contributed by atoms with Crippen LogP contribution >= 0.6 is 0 Å². The Labute approximate surface area is 184 Å². The van der Waals surface area contributed by atoms with Gasteiger partial charge in [0.25, 0.3) is 0 Å². The first-order valence-electron chi connectivity index (χ1n) is 10.9. The number of morpholine rings is 1. The van der Waals surface area contributed by atoms with Crippen molar-refractivity contribution in [3.05, 3.63) is 71.8 Å². The Bertz CT molecular complexity index is 874. The average Bonchev–Trinajstić information content (AvgIpc) is 3.25. The van der Waals surface area contributed by atoms with Crippen molar-refractivity contribution in [1.82, 2.24) is 20.4 Å². The maximum Gasteiger partial charge on any atom is 0.239 e. The van der Waals surface area contributed by atoms with Gasteiger partial charge in [0.05, 0.1) is 25.3 Å². The highest BCUT2D eigenvalue weighted by Crippen LogP contribution is 2.24. The van der Waals surface area contributed by atoms with E-state index in [0.29, 0.717) is 12.6 Å². The van der Waals surface area contributed by atoms with Gasteiger partial charge in [0.15, 0.2) is 5.96 Å². The normalized spacial score (nSPS) is 21.6. The molecule has 0 spiro atoms. The van der Waals surface area contributed by atoms with Gasteiger partial charge in [-0.25, -0.2) is 0 Å². The number of nitrogens with zero attached hydrogens (tertiary/aromatic N) is 3. The summed E-state index contributed by atoms with van der Waals surface area (Å²) in [5, 5.41) is 6.16. The summed E-state index contributed by atoms with van der Waals surface area (Å²) in [6, 6.07) is 20.8. The van der Waals surface area contributed by atoms with Crippen LogP contribution in [0.15, 0.2) is 65.7 Å². The predicted octanol–water partition coefficient (Wildman–Crippen LogP) is 1.46. The first kappa shape index (κ1) is 21.3. The van der Waals surface area contributed by atoms with Crippen LogP contribution in [0.1, 0.15) is 11.1 Å². The van der Waals surface area contributed by atoms with Crippen LogP contribution in [-0.4, -0.2) is 73.6 Å². The molecule has 2 heterocycles. The van der Waals surface area contributed by atoms with E-state index in [2.05, 4.69) is 55.8 Å². The summed E-state index contributed by atoms with van der Waals surface area (Å²) in [4.78, 5) is 21.4. The number of rotatable bonds is 6. The summed E-state index contributed by atoms with van der Waals surface area (Å²) in [5.74, 6) is 0.691. The minimum absolute atomic E-state index is 0.0522. The van der Waals surface area contributed by atoms with E-state index in [-0.39, 0.29) is 18.6 Å². The van der Waals surface area contributed by atoms with E-state index >= 15 is 0 Å². The van der Waals surface area contributed by atoms with Crippen molar-refractivity contribution in [3.8, 4) is 0 Å². The summed E-state index contributed by atoms with van der Waals surface area (Å²) in [6.07, 6.45) is 0.155. The summed E-state index contributed by atoms with van der Waals surface area (Å²) in [5.41, 5.74) is 2.40. The molecule has 2 saturated heterocycles. The molecule has 7 nitrogen and oxygen atoms in total. The Kier molecular flexibility index (Phi) is 7.17. The number of ether oxygens (including phenoxy) is 1. The van der Waals surface area contributed by atoms with Gasteiger partial charge in [-0.3, -0.25) is 14.7 Å². The fourth-order valence-electron chi connectivity index (χ4n) is 4.30. The predicted molar refractivity (Wildman–Crippen MR) is 122 cm³/mol.